The minimum atomic E-state index is 0.422. The van der Waals surface area contributed by atoms with Gasteiger partial charge in [-0.25, -0.2) is 0 Å². The first kappa shape index (κ1) is 14.6. The Morgan fingerprint density at radius 2 is 1.70 bits per heavy atom. The molecule has 0 fully saturated rings. The Balaban J connectivity index is 2.30. The van der Waals surface area contributed by atoms with E-state index in [9.17, 15) is 0 Å². The van der Waals surface area contributed by atoms with Crippen LogP contribution < -0.4 is 10.1 Å². The Bertz CT molecular complexity index is 529. The lowest BCUT2D eigenvalue weighted by atomic mass is 9.99. The Labute approximate surface area is 121 Å². The molecule has 0 bridgehead atoms. The van der Waals surface area contributed by atoms with Gasteiger partial charge in [0.1, 0.15) is 5.75 Å². The fourth-order valence-corrected chi connectivity index (χ4v) is 2.49. The second-order valence-electron chi connectivity index (χ2n) is 4.80. The van der Waals surface area contributed by atoms with Crippen LogP contribution in [0.1, 0.15) is 31.9 Å². The van der Waals surface area contributed by atoms with Crippen LogP contribution in [0.25, 0.3) is 11.1 Å². The van der Waals surface area contributed by atoms with Gasteiger partial charge in [-0.2, -0.15) is 0 Å². The Kier molecular flexibility index (Phi) is 5.19. The summed E-state index contributed by atoms with van der Waals surface area (Å²) in [7, 11) is 2.01. The number of benzene rings is 2. The van der Waals surface area contributed by atoms with Crippen molar-refractivity contribution >= 4 is 0 Å². The van der Waals surface area contributed by atoms with Gasteiger partial charge in [0.05, 0.1) is 6.61 Å². The van der Waals surface area contributed by atoms with E-state index in [0.29, 0.717) is 12.6 Å². The average Bonchev–Trinajstić information content (AvgIpc) is 2.50. The first-order chi connectivity index (χ1) is 9.80. The van der Waals surface area contributed by atoms with Gasteiger partial charge < -0.3 is 10.1 Å². The summed E-state index contributed by atoms with van der Waals surface area (Å²) >= 11 is 0. The zero-order valence-electron chi connectivity index (χ0n) is 12.5. The summed E-state index contributed by atoms with van der Waals surface area (Å²) < 4.78 is 5.70. The number of rotatable bonds is 6. The number of nitrogens with one attached hydrogen (secondary N) is 1. The van der Waals surface area contributed by atoms with E-state index in [4.69, 9.17) is 4.74 Å². The Morgan fingerprint density at radius 1 is 1.00 bits per heavy atom. The van der Waals surface area contributed by atoms with E-state index in [2.05, 4.69) is 42.6 Å². The summed E-state index contributed by atoms with van der Waals surface area (Å²) in [5.41, 5.74) is 3.68. The van der Waals surface area contributed by atoms with Crippen LogP contribution in [-0.4, -0.2) is 13.7 Å². The van der Waals surface area contributed by atoms with Crippen molar-refractivity contribution in [2.75, 3.05) is 13.7 Å². The lowest BCUT2D eigenvalue weighted by Gasteiger charge is -2.15. The Morgan fingerprint density at radius 3 is 2.30 bits per heavy atom. The number of hydrogen-bond acceptors (Lipinski definition) is 2. The van der Waals surface area contributed by atoms with Crippen LogP contribution in [0.4, 0.5) is 0 Å². The lowest BCUT2D eigenvalue weighted by molar-refractivity contribution is 0.341. The molecule has 0 aliphatic carbocycles. The van der Waals surface area contributed by atoms with Crippen molar-refractivity contribution in [1.29, 1.82) is 0 Å². The lowest BCUT2D eigenvalue weighted by Crippen LogP contribution is -2.14. The largest absolute Gasteiger partial charge is 0.493 e. The summed E-state index contributed by atoms with van der Waals surface area (Å²) in [4.78, 5) is 0. The average molecular weight is 269 g/mol. The highest BCUT2D eigenvalue weighted by Crippen LogP contribution is 2.30. The smallest absolute Gasteiger partial charge is 0.127 e. The molecule has 0 saturated carbocycles. The van der Waals surface area contributed by atoms with Crippen LogP contribution in [0, 0.1) is 0 Å². The van der Waals surface area contributed by atoms with Gasteiger partial charge in [-0.05, 0) is 37.6 Å². The molecule has 2 aromatic rings. The first-order valence-corrected chi connectivity index (χ1v) is 7.29. The van der Waals surface area contributed by atoms with Crippen LogP contribution >= 0.6 is 0 Å². The highest BCUT2D eigenvalue weighted by Gasteiger charge is 2.08. The molecule has 1 atom stereocenters. The van der Waals surface area contributed by atoms with Crippen LogP contribution in [-0.2, 0) is 0 Å². The van der Waals surface area contributed by atoms with Crippen LogP contribution in [0.15, 0.2) is 48.5 Å². The fraction of sp³-hybridized carbons (Fsp3) is 0.333. The van der Waals surface area contributed by atoms with Gasteiger partial charge >= 0.3 is 0 Å². The molecule has 0 aliphatic rings. The molecule has 2 rings (SSSR count). The summed E-state index contributed by atoms with van der Waals surface area (Å²) in [5, 5.41) is 3.33. The molecular formula is C18H23NO. The molecule has 2 aromatic carbocycles. The molecule has 106 valence electrons. The van der Waals surface area contributed by atoms with Gasteiger partial charge in [0.2, 0.25) is 0 Å². The van der Waals surface area contributed by atoms with Crippen LogP contribution in [0.5, 0.6) is 5.75 Å². The van der Waals surface area contributed by atoms with E-state index in [1.165, 1.54) is 11.1 Å². The molecule has 2 nitrogen and oxygen atoms in total. The van der Waals surface area contributed by atoms with Gasteiger partial charge in [-0.1, -0.05) is 49.4 Å². The van der Waals surface area contributed by atoms with Crippen LogP contribution in [0.3, 0.4) is 0 Å². The molecule has 0 aromatic heterocycles. The van der Waals surface area contributed by atoms with E-state index in [1.807, 2.05) is 32.2 Å². The molecule has 1 unspecified atom stereocenters. The normalized spacial score (nSPS) is 12.2. The van der Waals surface area contributed by atoms with Crippen molar-refractivity contribution < 1.29 is 4.74 Å². The summed E-state index contributed by atoms with van der Waals surface area (Å²) in [6.07, 6.45) is 1.09. The van der Waals surface area contributed by atoms with E-state index in [-0.39, 0.29) is 0 Å². The highest BCUT2D eigenvalue weighted by atomic mass is 16.5. The van der Waals surface area contributed by atoms with Crippen LogP contribution in [0.2, 0.25) is 0 Å². The summed E-state index contributed by atoms with van der Waals surface area (Å²) in [5.74, 6) is 0.948. The molecule has 20 heavy (non-hydrogen) atoms. The third kappa shape index (κ3) is 3.20. The molecule has 0 heterocycles. The highest BCUT2D eigenvalue weighted by molar-refractivity contribution is 5.70. The molecule has 0 spiro atoms. The molecule has 0 aliphatic heterocycles. The van der Waals surface area contributed by atoms with Crippen molar-refractivity contribution in [1.82, 2.24) is 5.32 Å². The Hall–Kier alpha value is -1.80. The third-order valence-corrected chi connectivity index (χ3v) is 3.57. The molecule has 0 saturated heterocycles. The SMILES string of the molecule is CCOc1ccccc1-c1ccc(C(CC)NC)cc1. The molecule has 0 radical (unpaired) electrons. The minimum absolute atomic E-state index is 0.422. The second kappa shape index (κ2) is 7.11. The van der Waals surface area contributed by atoms with Gasteiger partial charge in [0.15, 0.2) is 0 Å². The zero-order chi connectivity index (χ0) is 14.4. The first-order valence-electron chi connectivity index (χ1n) is 7.29. The minimum Gasteiger partial charge on any atom is -0.493 e. The zero-order valence-corrected chi connectivity index (χ0v) is 12.5. The molecule has 0 amide bonds. The van der Waals surface area contributed by atoms with Crippen molar-refractivity contribution in [3.8, 4) is 16.9 Å². The fourth-order valence-electron chi connectivity index (χ4n) is 2.49. The van der Waals surface area contributed by atoms with Crippen molar-refractivity contribution in [2.24, 2.45) is 0 Å². The molecular weight excluding hydrogens is 246 g/mol. The van der Waals surface area contributed by atoms with Gasteiger partial charge in [-0.3, -0.25) is 0 Å². The van der Waals surface area contributed by atoms with E-state index in [0.717, 1.165) is 17.7 Å². The second-order valence-corrected chi connectivity index (χ2v) is 4.80. The standard InChI is InChI=1S/C18H23NO/c1-4-17(19-3)15-12-10-14(11-13-15)16-8-6-7-9-18(16)20-5-2/h6-13,17,19H,4-5H2,1-3H3. The maximum Gasteiger partial charge on any atom is 0.127 e. The number of para-hydroxylation sites is 1. The van der Waals surface area contributed by atoms with E-state index >= 15 is 0 Å². The molecule has 2 heteroatoms. The van der Waals surface area contributed by atoms with E-state index < -0.39 is 0 Å². The van der Waals surface area contributed by atoms with Crippen molar-refractivity contribution in [3.05, 3.63) is 54.1 Å². The topological polar surface area (TPSA) is 21.3 Å². The quantitative estimate of drug-likeness (QED) is 0.838. The van der Waals surface area contributed by atoms with Crippen molar-refractivity contribution in [3.63, 3.8) is 0 Å². The number of hydrogen-bond donors (Lipinski definition) is 1. The van der Waals surface area contributed by atoms with E-state index in [1.54, 1.807) is 0 Å². The van der Waals surface area contributed by atoms with Gasteiger partial charge in [-0.15, -0.1) is 0 Å². The van der Waals surface area contributed by atoms with Gasteiger partial charge in [0, 0.05) is 11.6 Å². The third-order valence-electron chi connectivity index (χ3n) is 3.57. The predicted octanol–water partition coefficient (Wildman–Crippen LogP) is 4.42. The monoisotopic (exact) mass is 269 g/mol. The predicted molar refractivity (Wildman–Crippen MR) is 85.1 cm³/mol. The van der Waals surface area contributed by atoms with Gasteiger partial charge in [0.25, 0.3) is 0 Å². The molecule has 1 N–H and O–H groups in total. The van der Waals surface area contributed by atoms with Crippen molar-refractivity contribution in [2.45, 2.75) is 26.3 Å². The maximum absolute atomic E-state index is 5.70. The summed E-state index contributed by atoms with van der Waals surface area (Å²) in [6.45, 7) is 4.89. The maximum atomic E-state index is 5.70. The summed E-state index contributed by atoms with van der Waals surface area (Å²) in [6, 6.07) is 17.4. The number of ether oxygens (including phenoxy) is 1.